The van der Waals surface area contributed by atoms with Crippen molar-refractivity contribution in [2.75, 3.05) is 0 Å². The summed E-state index contributed by atoms with van der Waals surface area (Å²) in [6.45, 7) is 10.1. The number of hydrogen-bond donors (Lipinski definition) is 0. The second-order valence-electron chi connectivity index (χ2n) is 10.3. The summed E-state index contributed by atoms with van der Waals surface area (Å²) in [5.41, 5.74) is 1.04. The summed E-state index contributed by atoms with van der Waals surface area (Å²) in [7, 11) is 0. The van der Waals surface area contributed by atoms with Crippen molar-refractivity contribution in [1.82, 2.24) is 0 Å². The van der Waals surface area contributed by atoms with Gasteiger partial charge in [0.1, 0.15) is 0 Å². The number of rotatable bonds is 0. The number of nitrogens with zero attached hydrogens (tertiary/aromatic N) is 1. The van der Waals surface area contributed by atoms with Crippen molar-refractivity contribution < 1.29 is 0 Å². The zero-order chi connectivity index (χ0) is 16.4. The van der Waals surface area contributed by atoms with E-state index in [0.717, 1.165) is 23.7 Å². The molecule has 4 rings (SSSR count). The van der Waals surface area contributed by atoms with Gasteiger partial charge in [-0.25, -0.2) is 0 Å². The van der Waals surface area contributed by atoms with Gasteiger partial charge in [-0.05, 0) is 78.4 Å². The van der Waals surface area contributed by atoms with Gasteiger partial charge >= 0.3 is 0 Å². The third kappa shape index (κ3) is 2.03. The number of fused-ring (bicyclic) bond motifs is 5. The minimum Gasteiger partial charge on any atom is -0.198 e. The van der Waals surface area contributed by atoms with Gasteiger partial charge in [0.2, 0.25) is 0 Å². The lowest BCUT2D eigenvalue weighted by atomic mass is 9.40. The van der Waals surface area contributed by atoms with E-state index in [1.807, 2.05) is 0 Å². The average molecular weight is 314 g/mol. The van der Waals surface area contributed by atoms with Gasteiger partial charge < -0.3 is 0 Å². The summed E-state index contributed by atoms with van der Waals surface area (Å²) in [6, 6.07) is 2.83. The third-order valence-corrected chi connectivity index (χ3v) is 9.42. The Morgan fingerprint density at radius 1 is 0.913 bits per heavy atom. The molecule has 9 atom stereocenters. The van der Waals surface area contributed by atoms with Gasteiger partial charge in [0, 0.05) is 0 Å². The molecule has 4 aliphatic rings. The van der Waals surface area contributed by atoms with Crippen LogP contribution >= 0.6 is 0 Å². The lowest BCUT2D eigenvalue weighted by molar-refractivity contribution is -0.159. The zero-order valence-corrected chi connectivity index (χ0v) is 15.6. The van der Waals surface area contributed by atoms with E-state index in [1.165, 1.54) is 51.4 Å². The van der Waals surface area contributed by atoms with E-state index in [9.17, 15) is 5.26 Å². The highest BCUT2D eigenvalue weighted by atomic mass is 14.7. The van der Waals surface area contributed by atoms with E-state index in [2.05, 4.69) is 33.8 Å². The van der Waals surface area contributed by atoms with E-state index in [1.54, 1.807) is 0 Å². The van der Waals surface area contributed by atoms with Gasteiger partial charge in [-0.15, -0.1) is 0 Å². The first-order valence-electron chi connectivity index (χ1n) is 10.3. The van der Waals surface area contributed by atoms with Crippen LogP contribution in [0.4, 0.5) is 0 Å². The molecule has 0 aromatic carbocycles. The minimum absolute atomic E-state index is 0.305. The molecule has 0 N–H and O–H groups in total. The lowest BCUT2D eigenvalue weighted by Gasteiger charge is -2.64. The second-order valence-corrected chi connectivity index (χ2v) is 10.3. The van der Waals surface area contributed by atoms with Crippen LogP contribution in [0.25, 0.3) is 0 Å². The summed E-state index contributed by atoms with van der Waals surface area (Å²) in [5.74, 6) is 4.95. The normalized spacial score (nSPS) is 58.7. The SMILES string of the molecule is CC1CCC[C@@]2(C)[C@H]1[C@H](C#N)[C@H](C)[C@H]1[C@@H]3CCC[C@@]3(C)CC[C@@H]12. The van der Waals surface area contributed by atoms with Crippen molar-refractivity contribution in [3.05, 3.63) is 0 Å². The van der Waals surface area contributed by atoms with E-state index >= 15 is 0 Å². The molecular weight excluding hydrogens is 278 g/mol. The Labute approximate surface area is 143 Å². The van der Waals surface area contributed by atoms with Gasteiger partial charge in [0.25, 0.3) is 0 Å². The molecule has 1 unspecified atom stereocenters. The first kappa shape index (κ1) is 16.0. The highest BCUT2D eigenvalue weighted by molar-refractivity contribution is 5.14. The molecule has 4 fully saturated rings. The first-order valence-corrected chi connectivity index (χ1v) is 10.3. The molecule has 128 valence electrons. The second kappa shape index (κ2) is 5.24. The Kier molecular flexibility index (Phi) is 3.64. The Morgan fingerprint density at radius 3 is 2.39 bits per heavy atom. The van der Waals surface area contributed by atoms with Crippen LogP contribution in [0.3, 0.4) is 0 Å². The molecule has 0 aromatic heterocycles. The third-order valence-electron chi connectivity index (χ3n) is 9.42. The fourth-order valence-electron chi connectivity index (χ4n) is 8.45. The Bertz CT molecular complexity index is 519. The van der Waals surface area contributed by atoms with Crippen LogP contribution in [0.5, 0.6) is 0 Å². The van der Waals surface area contributed by atoms with Crippen molar-refractivity contribution >= 4 is 0 Å². The molecule has 0 radical (unpaired) electrons. The molecule has 0 spiro atoms. The molecule has 0 aromatic rings. The van der Waals surface area contributed by atoms with Crippen LogP contribution in [0.2, 0.25) is 0 Å². The van der Waals surface area contributed by atoms with Crippen molar-refractivity contribution in [2.45, 2.75) is 79.1 Å². The van der Waals surface area contributed by atoms with Gasteiger partial charge in [-0.2, -0.15) is 5.26 Å². The topological polar surface area (TPSA) is 23.8 Å². The molecule has 0 heterocycles. The van der Waals surface area contributed by atoms with Gasteiger partial charge in [0.05, 0.1) is 12.0 Å². The number of nitriles is 1. The molecular formula is C22H35N. The van der Waals surface area contributed by atoms with Crippen LogP contribution in [-0.2, 0) is 0 Å². The number of hydrogen-bond acceptors (Lipinski definition) is 1. The van der Waals surface area contributed by atoms with E-state index in [0.29, 0.717) is 28.6 Å². The molecule has 0 aliphatic heterocycles. The molecule has 0 bridgehead atoms. The zero-order valence-electron chi connectivity index (χ0n) is 15.6. The molecule has 4 aliphatic carbocycles. The van der Waals surface area contributed by atoms with Crippen molar-refractivity contribution in [2.24, 2.45) is 52.3 Å². The predicted octanol–water partition coefficient (Wildman–Crippen LogP) is 6.05. The quantitative estimate of drug-likeness (QED) is 0.534. The lowest BCUT2D eigenvalue weighted by Crippen LogP contribution is -2.59. The van der Waals surface area contributed by atoms with E-state index < -0.39 is 0 Å². The Morgan fingerprint density at radius 2 is 1.65 bits per heavy atom. The van der Waals surface area contributed by atoms with Gasteiger partial charge in [-0.1, -0.05) is 47.0 Å². The molecule has 1 heteroatoms. The smallest absolute Gasteiger partial charge is 0.0661 e. The highest BCUT2D eigenvalue weighted by Crippen LogP contribution is 2.69. The Hall–Kier alpha value is -0.510. The largest absolute Gasteiger partial charge is 0.198 e. The van der Waals surface area contributed by atoms with Crippen molar-refractivity contribution in [3.8, 4) is 6.07 Å². The fourth-order valence-corrected chi connectivity index (χ4v) is 8.45. The van der Waals surface area contributed by atoms with Gasteiger partial charge in [0.15, 0.2) is 0 Å². The predicted molar refractivity (Wildman–Crippen MR) is 94.5 cm³/mol. The Balaban J connectivity index is 1.78. The molecule has 1 nitrogen and oxygen atoms in total. The summed E-state index contributed by atoms with van der Waals surface area (Å²) in [5, 5.41) is 10.1. The molecule has 4 saturated carbocycles. The average Bonchev–Trinajstić information content (AvgIpc) is 2.90. The molecule has 23 heavy (non-hydrogen) atoms. The summed E-state index contributed by atoms with van der Waals surface area (Å²) >= 11 is 0. The maximum atomic E-state index is 10.1. The maximum Gasteiger partial charge on any atom is 0.0661 e. The van der Waals surface area contributed by atoms with Crippen molar-refractivity contribution in [3.63, 3.8) is 0 Å². The summed E-state index contributed by atoms with van der Waals surface area (Å²) in [4.78, 5) is 0. The fraction of sp³-hybridized carbons (Fsp3) is 0.955. The van der Waals surface area contributed by atoms with Crippen LogP contribution in [-0.4, -0.2) is 0 Å². The monoisotopic (exact) mass is 313 g/mol. The summed E-state index contributed by atoms with van der Waals surface area (Å²) < 4.78 is 0. The molecule has 0 saturated heterocycles. The molecule has 0 amide bonds. The van der Waals surface area contributed by atoms with Crippen molar-refractivity contribution in [1.29, 1.82) is 5.26 Å². The van der Waals surface area contributed by atoms with Crippen LogP contribution < -0.4 is 0 Å². The van der Waals surface area contributed by atoms with Crippen LogP contribution in [0.1, 0.15) is 79.1 Å². The maximum absolute atomic E-state index is 10.1. The first-order chi connectivity index (χ1) is 10.9. The highest BCUT2D eigenvalue weighted by Gasteiger charge is 2.63. The van der Waals surface area contributed by atoms with E-state index in [4.69, 9.17) is 0 Å². The van der Waals surface area contributed by atoms with Gasteiger partial charge in [-0.3, -0.25) is 0 Å². The van der Waals surface area contributed by atoms with Crippen LogP contribution in [0.15, 0.2) is 0 Å². The minimum atomic E-state index is 0.305. The van der Waals surface area contributed by atoms with Crippen LogP contribution in [0, 0.1) is 63.6 Å². The van der Waals surface area contributed by atoms with E-state index in [-0.39, 0.29) is 0 Å². The summed E-state index contributed by atoms with van der Waals surface area (Å²) in [6.07, 6.45) is 11.4. The standard InChI is InChI=1S/C22H35N/c1-14-7-5-11-22(4)18-9-12-21(3)10-6-8-17(21)19(18)15(2)16(13-23)20(14)22/h14-20H,5-12H2,1-4H3/t14?,15-,16+,17-,18-,19-,20+,21-,22+/m0/s1.